The summed E-state index contributed by atoms with van der Waals surface area (Å²) < 4.78 is 10.2. The van der Waals surface area contributed by atoms with Crippen molar-refractivity contribution in [3.8, 4) is 0 Å². The van der Waals surface area contributed by atoms with E-state index < -0.39 is 37.0 Å². The van der Waals surface area contributed by atoms with Gasteiger partial charge < -0.3 is 40.3 Å². The fourth-order valence-corrected chi connectivity index (χ4v) is 5.35. The average Bonchev–Trinajstić information content (AvgIpc) is 2.98. The lowest BCUT2D eigenvalue weighted by Crippen LogP contribution is -2.41. The lowest BCUT2D eigenvalue weighted by Gasteiger charge is -2.31. The molecule has 0 radical (unpaired) electrons. The second-order valence-electron chi connectivity index (χ2n) is 12.7. The third-order valence-corrected chi connectivity index (χ3v) is 7.68. The average molecular weight is 674 g/mol. The second-order valence-corrected chi connectivity index (χ2v) is 12.7. The number of aliphatic hydroxyl groups excluding tert-OH is 3. The van der Waals surface area contributed by atoms with Crippen LogP contribution in [0.15, 0.2) is 54.1 Å². The number of hydrogen-bond acceptors (Lipinski definition) is 9. The molecule has 0 saturated heterocycles. The summed E-state index contributed by atoms with van der Waals surface area (Å²) in [5.41, 5.74) is 4.09. The molecular formula is C35H51N3O8S. The minimum absolute atomic E-state index is 0. The Labute approximate surface area is 284 Å². The fraction of sp³-hybridized carbons (Fsp3) is 0.514. The Morgan fingerprint density at radius 1 is 0.936 bits per heavy atom. The van der Waals surface area contributed by atoms with Gasteiger partial charge in [0.2, 0.25) is 6.79 Å². The Hall–Kier alpha value is -3.58. The van der Waals surface area contributed by atoms with Crippen LogP contribution in [0.5, 0.6) is 0 Å². The van der Waals surface area contributed by atoms with Gasteiger partial charge in [0.15, 0.2) is 0 Å². The van der Waals surface area contributed by atoms with E-state index in [1.165, 1.54) is 0 Å². The number of aryl methyl sites for hydroxylation is 1. The summed E-state index contributed by atoms with van der Waals surface area (Å²) >= 11 is 0. The highest BCUT2D eigenvalue weighted by atomic mass is 32.1. The summed E-state index contributed by atoms with van der Waals surface area (Å²) in [5.74, 6) is -0.904. The van der Waals surface area contributed by atoms with Crippen LogP contribution in [0.4, 0.5) is 21.9 Å². The van der Waals surface area contributed by atoms with E-state index in [-0.39, 0.29) is 43.9 Å². The number of benzene rings is 2. The Morgan fingerprint density at radius 3 is 2.15 bits per heavy atom. The number of carbonyl (C=O) groups is 3. The third-order valence-electron chi connectivity index (χ3n) is 7.68. The highest BCUT2D eigenvalue weighted by molar-refractivity contribution is 7.59. The minimum atomic E-state index is -1.40. The van der Waals surface area contributed by atoms with E-state index in [1.807, 2.05) is 56.3 Å². The quantitative estimate of drug-likeness (QED) is 0.134. The zero-order chi connectivity index (χ0) is 34.0. The van der Waals surface area contributed by atoms with Crippen LogP contribution < -0.4 is 15.5 Å². The number of carbonyl (C=O) groups excluding carboxylic acids is 3. The number of ether oxygens (including phenoxy) is 2. The molecule has 0 spiro atoms. The third kappa shape index (κ3) is 12.2. The van der Waals surface area contributed by atoms with E-state index in [0.29, 0.717) is 29.6 Å². The predicted octanol–water partition coefficient (Wildman–Crippen LogP) is 5.21. The SMILES string of the molecule is CC[C@@H](CC(=O)OCOC(=O)C1=C[C@H](O)[C@@H](O)[C@@H](O)C1)c1ccc(N(CC(C)C)CC(C)C)c(NC(=O)Nc2ccc(C)cc2)c1.S. The number of esters is 2. The van der Waals surface area contributed by atoms with Crippen LogP contribution >= 0.6 is 13.5 Å². The highest BCUT2D eigenvalue weighted by Crippen LogP contribution is 2.34. The van der Waals surface area contributed by atoms with Crippen LogP contribution in [0.25, 0.3) is 0 Å². The first kappa shape index (κ1) is 39.6. The maximum atomic E-state index is 13.2. The molecule has 47 heavy (non-hydrogen) atoms. The van der Waals surface area contributed by atoms with Gasteiger partial charge in [-0.3, -0.25) is 4.79 Å². The topological polar surface area (TPSA) is 158 Å². The Kier molecular flexibility index (Phi) is 15.7. The van der Waals surface area contributed by atoms with Gasteiger partial charge in [-0.15, -0.1) is 0 Å². The van der Waals surface area contributed by atoms with Crippen molar-refractivity contribution in [3.63, 3.8) is 0 Å². The van der Waals surface area contributed by atoms with E-state index >= 15 is 0 Å². The lowest BCUT2D eigenvalue weighted by atomic mass is 9.92. The first-order valence-corrected chi connectivity index (χ1v) is 15.9. The number of hydrogen-bond donors (Lipinski definition) is 5. The van der Waals surface area contributed by atoms with Crippen LogP contribution in [-0.2, 0) is 19.1 Å². The molecule has 12 heteroatoms. The molecule has 0 saturated carbocycles. The number of amides is 2. The smallest absolute Gasteiger partial charge is 0.336 e. The number of aliphatic hydroxyl groups is 3. The van der Waals surface area contributed by atoms with Crippen molar-refractivity contribution in [2.24, 2.45) is 11.8 Å². The van der Waals surface area contributed by atoms with Crippen LogP contribution in [0.2, 0.25) is 0 Å². The molecule has 3 rings (SSSR count). The van der Waals surface area contributed by atoms with Crippen LogP contribution in [0.1, 0.15) is 70.9 Å². The number of nitrogens with zero attached hydrogens (tertiary/aromatic N) is 1. The molecule has 4 atom stereocenters. The zero-order valence-corrected chi connectivity index (χ0v) is 29.2. The summed E-state index contributed by atoms with van der Waals surface area (Å²) in [5, 5.41) is 35.2. The van der Waals surface area contributed by atoms with Gasteiger partial charge in [-0.2, -0.15) is 13.5 Å². The standard InChI is InChI=1S/C35H49N3O8.H2S/c1-7-24(17-32(41)45-20-46-34(43)26-15-30(39)33(42)31(40)16-26)25-10-13-29(38(18-21(2)3)19-22(4)5)28(14-25)37-35(44)36-27-11-8-23(6)9-12-27;/h8-15,21-22,24,30-31,33,39-40,42H,7,16-20H2,1-6H3,(H2,36,37,44);1H2/t24-,30-,31-,33+;/m0./s1. The van der Waals surface area contributed by atoms with Crippen molar-refractivity contribution in [3.05, 3.63) is 65.2 Å². The Bertz CT molecular complexity index is 1360. The fourth-order valence-electron chi connectivity index (χ4n) is 5.35. The Balaban J connectivity index is 0.00000768. The summed E-state index contributed by atoms with van der Waals surface area (Å²) in [7, 11) is 0. The molecule has 0 heterocycles. The molecule has 5 N–H and O–H groups in total. The van der Waals surface area contributed by atoms with Crippen LogP contribution in [0.3, 0.4) is 0 Å². The molecule has 0 aliphatic heterocycles. The number of urea groups is 1. The van der Waals surface area contributed by atoms with Gasteiger partial charge in [-0.05, 0) is 67.0 Å². The van der Waals surface area contributed by atoms with Crippen LogP contribution in [0, 0.1) is 18.8 Å². The molecule has 2 amide bonds. The van der Waals surface area contributed by atoms with E-state index in [0.717, 1.165) is 36.0 Å². The van der Waals surface area contributed by atoms with Crippen molar-refractivity contribution in [1.29, 1.82) is 0 Å². The molecule has 1 aliphatic carbocycles. The van der Waals surface area contributed by atoms with Crippen molar-refractivity contribution < 1.29 is 39.2 Å². The largest absolute Gasteiger partial charge is 0.428 e. The van der Waals surface area contributed by atoms with E-state index in [9.17, 15) is 29.7 Å². The Morgan fingerprint density at radius 2 is 1.57 bits per heavy atom. The molecule has 1 aliphatic rings. The van der Waals surface area contributed by atoms with Gasteiger partial charge in [0.05, 0.1) is 23.9 Å². The van der Waals surface area contributed by atoms with Crippen molar-refractivity contribution >= 4 is 48.5 Å². The molecule has 0 fully saturated rings. The molecule has 2 aromatic carbocycles. The number of nitrogens with one attached hydrogen (secondary N) is 2. The maximum absolute atomic E-state index is 13.2. The van der Waals surface area contributed by atoms with Crippen molar-refractivity contribution in [1.82, 2.24) is 0 Å². The summed E-state index contributed by atoms with van der Waals surface area (Å²) in [6.07, 6.45) is -2.55. The second kappa shape index (κ2) is 18.7. The van der Waals surface area contributed by atoms with Gasteiger partial charge in [0.1, 0.15) is 12.2 Å². The molecule has 0 bridgehead atoms. The highest BCUT2D eigenvalue weighted by Gasteiger charge is 2.32. The normalized spacial score (nSPS) is 18.1. The van der Waals surface area contributed by atoms with Gasteiger partial charge in [-0.25, -0.2) is 9.59 Å². The van der Waals surface area contributed by atoms with E-state index in [2.05, 4.69) is 43.2 Å². The van der Waals surface area contributed by atoms with Gasteiger partial charge in [0, 0.05) is 30.8 Å². The van der Waals surface area contributed by atoms with Gasteiger partial charge >= 0.3 is 18.0 Å². The van der Waals surface area contributed by atoms with E-state index in [1.54, 1.807) is 0 Å². The van der Waals surface area contributed by atoms with Crippen molar-refractivity contribution in [2.45, 2.75) is 85.0 Å². The molecular weight excluding hydrogens is 622 g/mol. The molecule has 260 valence electrons. The van der Waals surface area contributed by atoms with Crippen molar-refractivity contribution in [2.75, 3.05) is 35.4 Å². The minimum Gasteiger partial charge on any atom is -0.428 e. The summed E-state index contributed by atoms with van der Waals surface area (Å²) in [6.45, 7) is 13.5. The number of anilines is 3. The molecule has 11 nitrogen and oxygen atoms in total. The zero-order valence-electron chi connectivity index (χ0n) is 28.2. The van der Waals surface area contributed by atoms with Gasteiger partial charge in [-0.1, -0.05) is 58.4 Å². The number of rotatable bonds is 14. The summed E-state index contributed by atoms with van der Waals surface area (Å²) in [6, 6.07) is 13.0. The molecule has 2 aromatic rings. The first-order chi connectivity index (χ1) is 21.8. The summed E-state index contributed by atoms with van der Waals surface area (Å²) in [4.78, 5) is 40.5. The maximum Gasteiger partial charge on any atom is 0.336 e. The van der Waals surface area contributed by atoms with E-state index in [4.69, 9.17) is 9.47 Å². The molecule has 0 unspecified atom stereocenters. The lowest BCUT2D eigenvalue weighted by molar-refractivity contribution is -0.165. The molecule has 0 aromatic heterocycles. The van der Waals surface area contributed by atoms with Gasteiger partial charge in [0.25, 0.3) is 0 Å². The monoisotopic (exact) mass is 673 g/mol. The predicted molar refractivity (Wildman–Crippen MR) is 188 cm³/mol. The van der Waals surface area contributed by atoms with Crippen LogP contribution in [-0.4, -0.2) is 71.5 Å². The first-order valence-electron chi connectivity index (χ1n) is 15.9.